The van der Waals surface area contributed by atoms with Crippen LogP contribution >= 0.6 is 0 Å². The maximum absolute atomic E-state index is 13.1. The third-order valence-corrected chi connectivity index (χ3v) is 6.06. The number of hydrogen-bond donors (Lipinski definition) is 1. The molecule has 0 amide bonds. The van der Waals surface area contributed by atoms with Crippen molar-refractivity contribution in [3.63, 3.8) is 0 Å². The van der Waals surface area contributed by atoms with Crippen LogP contribution in [0.2, 0.25) is 0 Å². The number of benzene rings is 2. The van der Waals surface area contributed by atoms with Crippen LogP contribution in [-0.4, -0.2) is 27.8 Å². The molecule has 0 bridgehead atoms. The van der Waals surface area contributed by atoms with Gasteiger partial charge in [0.2, 0.25) is 0 Å². The zero-order chi connectivity index (χ0) is 20.5. The second kappa shape index (κ2) is 7.55. The van der Waals surface area contributed by atoms with Crippen LogP contribution in [-0.2, 0) is 10.0 Å². The quantitative estimate of drug-likeness (QED) is 0.668. The van der Waals surface area contributed by atoms with E-state index in [9.17, 15) is 8.42 Å². The van der Waals surface area contributed by atoms with Crippen molar-refractivity contribution in [2.45, 2.75) is 25.7 Å². The van der Waals surface area contributed by atoms with E-state index in [2.05, 4.69) is 9.88 Å². The molecule has 3 aromatic rings. The van der Waals surface area contributed by atoms with Gasteiger partial charge < -0.3 is 14.0 Å². The summed E-state index contributed by atoms with van der Waals surface area (Å²) in [6, 6.07) is 10.0. The fourth-order valence-corrected chi connectivity index (χ4v) is 4.14. The zero-order valence-electron chi connectivity index (χ0n) is 16.4. The van der Waals surface area contributed by atoms with Crippen molar-refractivity contribution >= 4 is 15.7 Å². The Labute approximate surface area is 164 Å². The van der Waals surface area contributed by atoms with E-state index in [4.69, 9.17) is 14.0 Å². The topological polar surface area (TPSA) is 90.7 Å². The lowest BCUT2D eigenvalue weighted by Crippen LogP contribution is -2.15. The van der Waals surface area contributed by atoms with E-state index in [1.54, 1.807) is 37.3 Å². The summed E-state index contributed by atoms with van der Waals surface area (Å²) in [7, 11) is -0.904. The van der Waals surface area contributed by atoms with Crippen molar-refractivity contribution in [3.05, 3.63) is 53.2 Å². The third-order valence-electron chi connectivity index (χ3n) is 4.55. The number of anilines is 1. The summed E-state index contributed by atoms with van der Waals surface area (Å²) < 4.78 is 44.6. The van der Waals surface area contributed by atoms with Gasteiger partial charge in [-0.15, -0.1) is 0 Å². The van der Waals surface area contributed by atoms with Gasteiger partial charge in [0.25, 0.3) is 10.0 Å². The van der Waals surface area contributed by atoms with E-state index in [-0.39, 0.29) is 4.90 Å². The molecule has 0 atom stereocenters. The molecule has 2 aromatic carbocycles. The molecule has 0 aliphatic carbocycles. The predicted molar refractivity (Wildman–Crippen MR) is 107 cm³/mol. The highest BCUT2D eigenvalue weighted by Crippen LogP contribution is 2.33. The maximum Gasteiger partial charge on any atom is 0.262 e. The summed E-state index contributed by atoms with van der Waals surface area (Å²) in [5.74, 6) is 1.45. The Hall–Kier alpha value is -3.00. The van der Waals surface area contributed by atoms with Gasteiger partial charge in [-0.2, -0.15) is 0 Å². The monoisotopic (exact) mass is 402 g/mol. The fraction of sp³-hybridized carbons (Fsp3) is 0.250. The molecule has 7 nitrogen and oxygen atoms in total. The number of rotatable bonds is 6. The van der Waals surface area contributed by atoms with Gasteiger partial charge in [-0.05, 0) is 44.5 Å². The highest BCUT2D eigenvalue weighted by atomic mass is 32.2. The number of aromatic nitrogens is 1. The first-order chi connectivity index (χ1) is 13.3. The Morgan fingerprint density at radius 2 is 1.75 bits per heavy atom. The van der Waals surface area contributed by atoms with Crippen LogP contribution in [0.25, 0.3) is 11.3 Å². The Morgan fingerprint density at radius 3 is 2.36 bits per heavy atom. The molecule has 0 spiro atoms. The Balaban J connectivity index is 2.05. The molecule has 8 heteroatoms. The number of nitrogens with one attached hydrogen (secondary N) is 1. The van der Waals surface area contributed by atoms with E-state index in [0.29, 0.717) is 34.1 Å². The molecule has 148 valence electrons. The number of sulfonamides is 1. The van der Waals surface area contributed by atoms with Gasteiger partial charge in [0.15, 0.2) is 5.76 Å². The van der Waals surface area contributed by atoms with E-state index in [0.717, 1.165) is 11.3 Å². The van der Waals surface area contributed by atoms with Crippen molar-refractivity contribution in [1.29, 1.82) is 0 Å². The lowest BCUT2D eigenvalue weighted by Gasteiger charge is -2.15. The first-order valence-electron chi connectivity index (χ1n) is 8.55. The van der Waals surface area contributed by atoms with Crippen molar-refractivity contribution in [2.75, 3.05) is 18.9 Å². The highest BCUT2D eigenvalue weighted by molar-refractivity contribution is 7.92. The molecule has 0 aliphatic rings. The second-order valence-corrected chi connectivity index (χ2v) is 8.02. The number of aryl methyl sites for hydroxylation is 2. The molecular formula is C20H22N2O5S. The van der Waals surface area contributed by atoms with Crippen LogP contribution < -0.4 is 14.2 Å². The lowest BCUT2D eigenvalue weighted by atomic mass is 10.1. The predicted octanol–water partition coefficient (Wildman–Crippen LogP) is 4.08. The van der Waals surface area contributed by atoms with Gasteiger partial charge in [0, 0.05) is 17.2 Å². The highest BCUT2D eigenvalue weighted by Gasteiger charge is 2.22. The van der Waals surface area contributed by atoms with Crippen molar-refractivity contribution < 1.29 is 22.4 Å². The molecule has 0 radical (unpaired) electrons. The molecule has 0 fully saturated rings. The summed E-state index contributed by atoms with van der Waals surface area (Å²) in [4.78, 5) is 0.142. The Bertz CT molecular complexity index is 1120. The van der Waals surface area contributed by atoms with Gasteiger partial charge in [-0.25, -0.2) is 8.42 Å². The molecule has 1 aromatic heterocycles. The average Bonchev–Trinajstić information content (AvgIpc) is 3.00. The number of hydrogen-bond acceptors (Lipinski definition) is 6. The van der Waals surface area contributed by atoms with Gasteiger partial charge >= 0.3 is 0 Å². The number of nitrogens with zero attached hydrogens (tertiary/aromatic N) is 1. The molecule has 0 aliphatic heterocycles. The minimum atomic E-state index is -3.89. The van der Waals surface area contributed by atoms with Crippen LogP contribution in [0.1, 0.15) is 16.8 Å². The third kappa shape index (κ3) is 3.68. The van der Waals surface area contributed by atoms with Crippen molar-refractivity contribution in [1.82, 2.24) is 5.16 Å². The van der Waals surface area contributed by atoms with Crippen LogP contribution in [0.5, 0.6) is 11.5 Å². The maximum atomic E-state index is 13.1. The van der Waals surface area contributed by atoms with E-state index < -0.39 is 10.0 Å². The minimum absolute atomic E-state index is 0.142. The second-order valence-electron chi connectivity index (χ2n) is 6.37. The number of ether oxygens (including phenoxy) is 2. The fourth-order valence-electron chi connectivity index (χ4n) is 2.81. The molecule has 0 saturated carbocycles. The molecule has 3 rings (SSSR count). The van der Waals surface area contributed by atoms with Crippen LogP contribution in [0.3, 0.4) is 0 Å². The zero-order valence-corrected chi connectivity index (χ0v) is 17.2. The van der Waals surface area contributed by atoms with E-state index in [1.165, 1.54) is 14.2 Å². The van der Waals surface area contributed by atoms with Crippen LogP contribution in [0.4, 0.5) is 5.69 Å². The van der Waals surface area contributed by atoms with E-state index in [1.807, 2.05) is 19.9 Å². The average molecular weight is 402 g/mol. The standard InChI is InChI=1S/C20H22N2O5S/c1-12-6-7-15(20-13(2)14(3)21-27-20)10-19(12)28(23,24)22-17-11-16(25-4)8-9-18(17)26-5/h6-11,22H,1-5H3. The van der Waals surface area contributed by atoms with Gasteiger partial charge in [-0.3, -0.25) is 4.72 Å². The smallest absolute Gasteiger partial charge is 0.262 e. The summed E-state index contributed by atoms with van der Waals surface area (Å²) >= 11 is 0. The molecule has 0 unspecified atom stereocenters. The van der Waals surface area contributed by atoms with Gasteiger partial charge in [0.05, 0.1) is 30.5 Å². The first-order valence-corrected chi connectivity index (χ1v) is 10.0. The summed E-state index contributed by atoms with van der Waals surface area (Å²) in [6.07, 6.45) is 0. The van der Waals surface area contributed by atoms with Crippen molar-refractivity contribution in [2.24, 2.45) is 0 Å². The van der Waals surface area contributed by atoms with Crippen LogP contribution in [0, 0.1) is 20.8 Å². The Kier molecular flexibility index (Phi) is 5.33. The Morgan fingerprint density at radius 1 is 1.00 bits per heavy atom. The van der Waals surface area contributed by atoms with Crippen LogP contribution in [0.15, 0.2) is 45.8 Å². The SMILES string of the molecule is COc1ccc(OC)c(NS(=O)(=O)c2cc(-c3onc(C)c3C)ccc2C)c1. The normalized spacial score (nSPS) is 11.3. The molecule has 28 heavy (non-hydrogen) atoms. The largest absolute Gasteiger partial charge is 0.497 e. The summed E-state index contributed by atoms with van der Waals surface area (Å²) in [5, 5.41) is 3.95. The molecule has 1 heterocycles. The lowest BCUT2D eigenvalue weighted by molar-refractivity contribution is 0.405. The molecule has 0 saturated heterocycles. The minimum Gasteiger partial charge on any atom is -0.497 e. The van der Waals surface area contributed by atoms with Crippen molar-refractivity contribution in [3.8, 4) is 22.8 Å². The molecular weight excluding hydrogens is 380 g/mol. The first kappa shape index (κ1) is 19.8. The van der Waals surface area contributed by atoms with E-state index >= 15 is 0 Å². The molecule has 1 N–H and O–H groups in total. The number of methoxy groups -OCH3 is 2. The summed E-state index contributed by atoms with van der Waals surface area (Å²) in [5.41, 5.74) is 3.17. The van der Waals surface area contributed by atoms with Gasteiger partial charge in [0.1, 0.15) is 11.5 Å². The summed E-state index contributed by atoms with van der Waals surface area (Å²) in [6.45, 7) is 5.46. The van der Waals surface area contributed by atoms with Gasteiger partial charge in [-0.1, -0.05) is 17.3 Å².